The SMILES string of the molecule is COc1ccc(C2c3ccc4ccccc4c3Oc3ncn(CCc4ccc(OC)c(OC)c4)c(=N)c32)cc1. The first-order valence-electron chi connectivity index (χ1n) is 12.8. The van der Waals surface area contributed by atoms with E-state index in [1.165, 1.54) is 0 Å². The molecule has 7 heteroatoms. The molecule has 1 unspecified atom stereocenters. The zero-order valence-electron chi connectivity index (χ0n) is 22.1. The number of hydrogen-bond acceptors (Lipinski definition) is 6. The van der Waals surface area contributed by atoms with Crippen LogP contribution in [0.15, 0.2) is 85.2 Å². The van der Waals surface area contributed by atoms with Gasteiger partial charge in [-0.2, -0.15) is 0 Å². The van der Waals surface area contributed by atoms with Crippen LogP contribution in [0.4, 0.5) is 0 Å². The van der Waals surface area contributed by atoms with Gasteiger partial charge in [0.15, 0.2) is 11.5 Å². The van der Waals surface area contributed by atoms with Crippen molar-refractivity contribution in [2.75, 3.05) is 21.3 Å². The molecule has 0 saturated carbocycles. The van der Waals surface area contributed by atoms with Crippen LogP contribution in [0.25, 0.3) is 10.8 Å². The highest BCUT2D eigenvalue weighted by atomic mass is 16.5. The number of benzene rings is 4. The van der Waals surface area contributed by atoms with E-state index in [1.54, 1.807) is 27.7 Å². The quantitative estimate of drug-likeness (QED) is 0.277. The lowest BCUT2D eigenvalue weighted by molar-refractivity contribution is 0.354. The molecule has 2 heterocycles. The van der Waals surface area contributed by atoms with Crippen molar-refractivity contribution >= 4 is 10.8 Å². The van der Waals surface area contributed by atoms with Gasteiger partial charge in [0.2, 0.25) is 5.88 Å². The summed E-state index contributed by atoms with van der Waals surface area (Å²) in [5.74, 6) is 3.20. The van der Waals surface area contributed by atoms with Crippen molar-refractivity contribution in [3.05, 3.63) is 113 Å². The third-order valence-electron chi connectivity index (χ3n) is 7.33. The standard InChI is InChI=1S/C32H29N3O4/c1-36-23-12-9-22(10-13-23)28-25-14-11-21-6-4-5-7-24(21)30(25)39-32-29(28)31(33)35(19-34-32)17-16-20-8-15-26(37-2)27(18-20)38-3/h4-15,18-19,28,33H,16-17H2,1-3H3. The number of methoxy groups -OCH3 is 3. The van der Waals surface area contributed by atoms with Crippen LogP contribution in [0.3, 0.4) is 0 Å². The molecule has 4 aromatic carbocycles. The zero-order valence-corrected chi connectivity index (χ0v) is 22.1. The molecule has 0 radical (unpaired) electrons. The van der Waals surface area contributed by atoms with Gasteiger partial charge in [-0.15, -0.1) is 0 Å². The van der Waals surface area contributed by atoms with Crippen LogP contribution in [0.2, 0.25) is 0 Å². The Morgan fingerprint density at radius 3 is 2.44 bits per heavy atom. The number of fused-ring (bicyclic) bond motifs is 4. The van der Waals surface area contributed by atoms with Gasteiger partial charge in [0, 0.05) is 23.4 Å². The Morgan fingerprint density at radius 1 is 0.872 bits per heavy atom. The summed E-state index contributed by atoms with van der Waals surface area (Å²) >= 11 is 0. The number of hydrogen-bond donors (Lipinski definition) is 1. The Balaban J connectivity index is 1.43. The molecule has 0 aliphatic carbocycles. The molecule has 1 atom stereocenters. The highest BCUT2D eigenvalue weighted by molar-refractivity contribution is 5.91. The number of aromatic nitrogens is 2. The normalized spacial score (nSPS) is 13.8. The van der Waals surface area contributed by atoms with Gasteiger partial charge in [-0.3, -0.25) is 5.41 Å². The first-order valence-corrected chi connectivity index (χ1v) is 12.8. The lowest BCUT2D eigenvalue weighted by Crippen LogP contribution is -2.30. The average Bonchev–Trinajstić information content (AvgIpc) is 2.99. The van der Waals surface area contributed by atoms with E-state index in [0.717, 1.165) is 44.5 Å². The number of nitrogens with one attached hydrogen (secondary N) is 1. The minimum absolute atomic E-state index is 0.215. The van der Waals surface area contributed by atoms with E-state index in [2.05, 4.69) is 36.4 Å². The summed E-state index contributed by atoms with van der Waals surface area (Å²) in [7, 11) is 4.92. The molecule has 6 rings (SSSR count). The maximum Gasteiger partial charge on any atom is 0.228 e. The molecular weight excluding hydrogens is 490 g/mol. The van der Waals surface area contributed by atoms with Crippen molar-refractivity contribution in [2.24, 2.45) is 0 Å². The van der Waals surface area contributed by atoms with Gasteiger partial charge in [0.25, 0.3) is 0 Å². The summed E-state index contributed by atoms with van der Waals surface area (Å²) in [6.07, 6.45) is 2.40. The highest BCUT2D eigenvalue weighted by Crippen LogP contribution is 2.48. The summed E-state index contributed by atoms with van der Waals surface area (Å²) in [6, 6.07) is 26.3. The summed E-state index contributed by atoms with van der Waals surface area (Å²) in [5.41, 5.74) is 4.26. The maximum absolute atomic E-state index is 9.27. The minimum atomic E-state index is -0.215. The van der Waals surface area contributed by atoms with Crippen LogP contribution in [0.5, 0.6) is 28.9 Å². The predicted molar refractivity (Wildman–Crippen MR) is 149 cm³/mol. The van der Waals surface area contributed by atoms with Gasteiger partial charge in [0.1, 0.15) is 23.3 Å². The van der Waals surface area contributed by atoms with E-state index >= 15 is 0 Å². The van der Waals surface area contributed by atoms with Crippen LogP contribution in [0.1, 0.15) is 28.2 Å². The van der Waals surface area contributed by atoms with Crippen molar-refractivity contribution in [2.45, 2.75) is 18.9 Å². The molecule has 1 aromatic heterocycles. The molecule has 0 fully saturated rings. The minimum Gasteiger partial charge on any atom is -0.497 e. The van der Waals surface area contributed by atoms with Gasteiger partial charge in [-0.05, 0) is 47.2 Å². The maximum atomic E-state index is 9.27. The largest absolute Gasteiger partial charge is 0.497 e. The first kappa shape index (κ1) is 24.6. The third kappa shape index (κ3) is 4.36. The summed E-state index contributed by atoms with van der Waals surface area (Å²) in [4.78, 5) is 4.72. The smallest absolute Gasteiger partial charge is 0.228 e. The Bertz CT molecular complexity index is 1730. The predicted octanol–water partition coefficient (Wildman–Crippen LogP) is 6.07. The lowest BCUT2D eigenvalue weighted by Gasteiger charge is -2.29. The molecule has 1 aliphatic heterocycles. The Labute approximate surface area is 226 Å². The summed E-state index contributed by atoms with van der Waals surface area (Å²) in [5, 5.41) is 11.4. The number of rotatable bonds is 7. The molecule has 1 N–H and O–H groups in total. The molecule has 0 bridgehead atoms. The third-order valence-corrected chi connectivity index (χ3v) is 7.33. The van der Waals surface area contributed by atoms with Crippen LogP contribution < -0.4 is 24.4 Å². The molecular formula is C32H29N3O4. The van der Waals surface area contributed by atoms with E-state index in [9.17, 15) is 5.41 Å². The summed E-state index contributed by atoms with van der Waals surface area (Å²) < 4.78 is 24.6. The molecule has 196 valence electrons. The van der Waals surface area contributed by atoms with E-state index in [1.807, 2.05) is 47.0 Å². The molecule has 0 spiro atoms. The van der Waals surface area contributed by atoms with Gasteiger partial charge in [0.05, 0.1) is 26.9 Å². The van der Waals surface area contributed by atoms with Crippen molar-refractivity contribution in [1.29, 1.82) is 5.41 Å². The second-order valence-corrected chi connectivity index (χ2v) is 9.46. The van der Waals surface area contributed by atoms with Crippen LogP contribution in [0, 0.1) is 5.41 Å². The molecule has 39 heavy (non-hydrogen) atoms. The van der Waals surface area contributed by atoms with Crippen molar-refractivity contribution in [1.82, 2.24) is 9.55 Å². The fraction of sp³-hybridized carbons (Fsp3) is 0.188. The summed E-state index contributed by atoms with van der Waals surface area (Å²) in [6.45, 7) is 0.578. The van der Waals surface area contributed by atoms with Gasteiger partial charge in [-0.1, -0.05) is 54.6 Å². The number of aryl methyl sites for hydroxylation is 2. The van der Waals surface area contributed by atoms with Crippen molar-refractivity contribution in [3.63, 3.8) is 0 Å². The topological polar surface area (TPSA) is 78.6 Å². The molecule has 0 saturated heterocycles. The molecule has 5 aromatic rings. The average molecular weight is 520 g/mol. The molecule has 0 amide bonds. The monoisotopic (exact) mass is 519 g/mol. The number of nitrogens with zero attached hydrogens (tertiary/aromatic N) is 2. The van der Waals surface area contributed by atoms with Gasteiger partial charge >= 0.3 is 0 Å². The van der Waals surface area contributed by atoms with E-state index < -0.39 is 0 Å². The fourth-order valence-corrected chi connectivity index (χ4v) is 5.30. The second-order valence-electron chi connectivity index (χ2n) is 9.46. The van der Waals surface area contributed by atoms with E-state index in [4.69, 9.17) is 23.9 Å². The van der Waals surface area contributed by atoms with Crippen molar-refractivity contribution in [3.8, 4) is 28.9 Å². The van der Waals surface area contributed by atoms with Crippen molar-refractivity contribution < 1.29 is 18.9 Å². The number of ether oxygens (including phenoxy) is 4. The lowest BCUT2D eigenvalue weighted by atomic mass is 9.83. The van der Waals surface area contributed by atoms with Crippen LogP contribution in [-0.4, -0.2) is 30.9 Å². The Morgan fingerprint density at radius 2 is 1.67 bits per heavy atom. The van der Waals surface area contributed by atoms with Gasteiger partial charge < -0.3 is 23.5 Å². The highest BCUT2D eigenvalue weighted by Gasteiger charge is 2.33. The Kier molecular flexibility index (Phi) is 6.40. The van der Waals surface area contributed by atoms with Gasteiger partial charge in [-0.25, -0.2) is 4.98 Å². The second kappa shape index (κ2) is 10.2. The van der Waals surface area contributed by atoms with E-state index in [0.29, 0.717) is 35.8 Å². The first-order chi connectivity index (χ1) is 19.1. The van der Waals surface area contributed by atoms with E-state index in [-0.39, 0.29) is 5.92 Å². The molecule has 7 nitrogen and oxygen atoms in total. The Hall–Kier alpha value is -4.78. The molecule has 1 aliphatic rings. The van der Waals surface area contributed by atoms with Crippen LogP contribution >= 0.6 is 0 Å². The zero-order chi connectivity index (χ0) is 26.9. The van der Waals surface area contributed by atoms with Crippen LogP contribution in [-0.2, 0) is 13.0 Å². The fourth-order valence-electron chi connectivity index (χ4n) is 5.30.